The molecule has 0 heterocycles. The van der Waals surface area contributed by atoms with Crippen LogP contribution in [-0.2, 0) is 9.53 Å². The second-order valence-electron chi connectivity index (χ2n) is 3.08. The second-order valence-corrected chi connectivity index (χ2v) is 3.08. The predicted molar refractivity (Wildman–Crippen MR) is 49.6 cm³/mol. The van der Waals surface area contributed by atoms with Crippen molar-refractivity contribution in [2.45, 2.75) is 18.9 Å². The molecule has 0 aromatic heterocycles. The molecule has 0 bridgehead atoms. The van der Waals surface area contributed by atoms with E-state index < -0.39 is 0 Å². The number of hydrogen-bond acceptors (Lipinski definition) is 4. The highest BCUT2D eigenvalue weighted by Crippen LogP contribution is 2.28. The summed E-state index contributed by atoms with van der Waals surface area (Å²) < 4.78 is 4.61. The quantitative estimate of drug-likeness (QED) is 0.496. The summed E-state index contributed by atoms with van der Waals surface area (Å²) in [7, 11) is 1.41. The summed E-state index contributed by atoms with van der Waals surface area (Å²) in [6.45, 7) is 0. The highest BCUT2D eigenvalue weighted by molar-refractivity contribution is 5.73. The van der Waals surface area contributed by atoms with Crippen molar-refractivity contribution in [1.82, 2.24) is 5.32 Å². The Hall–Kier alpha value is -1.32. The summed E-state index contributed by atoms with van der Waals surface area (Å²) in [5, 5.41) is 9.82. The third-order valence-corrected chi connectivity index (χ3v) is 2.20. The first-order valence-corrected chi connectivity index (χ1v) is 4.27. The number of allylic oxidation sites excluding steroid dienone is 1. The Bertz CT molecular complexity index is 220. The Labute approximate surface area is 77.5 Å². The van der Waals surface area contributed by atoms with Gasteiger partial charge in [0.15, 0.2) is 0 Å². The minimum atomic E-state index is -0.117. The maximum atomic E-state index is 11.0. The number of carbonyl (C=O) groups excluding carboxylic acids is 1. The van der Waals surface area contributed by atoms with Gasteiger partial charge in [0, 0.05) is 12.3 Å². The van der Waals surface area contributed by atoms with E-state index in [1.165, 1.54) is 13.3 Å². The summed E-state index contributed by atoms with van der Waals surface area (Å²) in [6, 6.07) is 0.361. The first-order chi connectivity index (χ1) is 6.27. The number of esters is 1. The zero-order valence-electron chi connectivity index (χ0n) is 7.62. The van der Waals surface area contributed by atoms with Crippen LogP contribution in [0.4, 0.5) is 0 Å². The number of rotatable bonds is 4. The van der Waals surface area contributed by atoms with Crippen molar-refractivity contribution in [2.24, 2.45) is 5.92 Å². The van der Waals surface area contributed by atoms with Crippen molar-refractivity contribution >= 4 is 12.2 Å². The molecule has 0 unspecified atom stereocenters. The largest absolute Gasteiger partial charge is 0.469 e. The van der Waals surface area contributed by atoms with Crippen molar-refractivity contribution in [1.29, 1.82) is 5.41 Å². The predicted octanol–water partition coefficient (Wildman–Crippen LogP) is 0.691. The second kappa shape index (κ2) is 4.64. The van der Waals surface area contributed by atoms with E-state index in [0.29, 0.717) is 6.04 Å². The van der Waals surface area contributed by atoms with Gasteiger partial charge < -0.3 is 15.5 Å². The van der Waals surface area contributed by atoms with E-state index in [-0.39, 0.29) is 11.9 Å². The summed E-state index contributed by atoms with van der Waals surface area (Å²) in [4.78, 5) is 11.0. The third kappa shape index (κ3) is 2.57. The van der Waals surface area contributed by atoms with Gasteiger partial charge in [-0.1, -0.05) is 0 Å². The molecule has 0 radical (unpaired) electrons. The fraction of sp³-hybridized carbons (Fsp3) is 0.556. The van der Waals surface area contributed by atoms with Crippen molar-refractivity contribution in [3.05, 3.63) is 12.3 Å². The molecule has 0 aromatic carbocycles. The van der Waals surface area contributed by atoms with Crippen LogP contribution in [0.5, 0.6) is 0 Å². The highest BCUT2D eigenvalue weighted by Gasteiger charge is 2.34. The molecule has 1 saturated carbocycles. The van der Waals surface area contributed by atoms with Gasteiger partial charge in [-0.05, 0) is 25.1 Å². The summed E-state index contributed by atoms with van der Waals surface area (Å²) in [5.74, 6) is -0.0510. The van der Waals surface area contributed by atoms with E-state index in [1.807, 2.05) is 0 Å². The van der Waals surface area contributed by atoms with Crippen LogP contribution in [0, 0.1) is 11.3 Å². The lowest BCUT2D eigenvalue weighted by Crippen LogP contribution is -2.42. The molecule has 0 aromatic rings. The third-order valence-electron chi connectivity index (χ3n) is 2.20. The summed E-state index contributed by atoms with van der Waals surface area (Å²) in [6.07, 6.45) is 6.21. The first kappa shape index (κ1) is 9.77. The van der Waals surface area contributed by atoms with E-state index in [9.17, 15) is 4.79 Å². The molecular weight excluding hydrogens is 168 g/mol. The van der Waals surface area contributed by atoms with Gasteiger partial charge >= 0.3 is 5.97 Å². The molecule has 0 aliphatic heterocycles. The van der Waals surface area contributed by atoms with Crippen molar-refractivity contribution < 1.29 is 9.53 Å². The topological polar surface area (TPSA) is 62.2 Å². The van der Waals surface area contributed by atoms with Crippen LogP contribution in [0.25, 0.3) is 0 Å². The van der Waals surface area contributed by atoms with Crippen LogP contribution in [0.15, 0.2) is 12.3 Å². The molecule has 4 nitrogen and oxygen atoms in total. The van der Waals surface area contributed by atoms with Gasteiger partial charge in [0.2, 0.25) is 0 Å². The molecule has 0 amide bonds. The molecule has 1 aliphatic rings. The van der Waals surface area contributed by atoms with Crippen LogP contribution in [0.2, 0.25) is 0 Å². The van der Waals surface area contributed by atoms with Gasteiger partial charge in [-0.2, -0.15) is 0 Å². The fourth-order valence-electron chi connectivity index (χ4n) is 1.35. The van der Waals surface area contributed by atoms with Gasteiger partial charge in [-0.15, -0.1) is 0 Å². The average molecular weight is 182 g/mol. The van der Waals surface area contributed by atoms with Crippen LogP contribution in [0.3, 0.4) is 0 Å². The zero-order valence-corrected chi connectivity index (χ0v) is 7.62. The van der Waals surface area contributed by atoms with Crippen LogP contribution in [0.1, 0.15) is 12.8 Å². The van der Waals surface area contributed by atoms with Crippen LogP contribution >= 0.6 is 0 Å². The molecule has 13 heavy (non-hydrogen) atoms. The van der Waals surface area contributed by atoms with Gasteiger partial charge in [0.1, 0.15) is 0 Å². The van der Waals surface area contributed by atoms with Gasteiger partial charge in [-0.25, -0.2) is 0 Å². The molecular formula is C9H14N2O2. The molecule has 0 atom stereocenters. The molecule has 0 spiro atoms. The molecule has 72 valence electrons. The fourth-order valence-corrected chi connectivity index (χ4v) is 1.35. The monoisotopic (exact) mass is 182 g/mol. The van der Waals surface area contributed by atoms with E-state index in [0.717, 1.165) is 12.8 Å². The van der Waals surface area contributed by atoms with Crippen molar-refractivity contribution in [3.8, 4) is 0 Å². The molecule has 1 aliphatic carbocycles. The standard InChI is InChI=1S/C9H14N2O2/c1-13-9(12)7-5-8(6-7)11-4-2-3-10/h2-4,7-8,10-11H,5-6H2,1H3/b4-2-,10-3?. The lowest BCUT2D eigenvalue weighted by molar-refractivity contribution is -0.149. The van der Waals surface area contributed by atoms with Gasteiger partial charge in [-0.3, -0.25) is 4.79 Å². The van der Waals surface area contributed by atoms with Crippen LogP contribution in [-0.4, -0.2) is 25.3 Å². The van der Waals surface area contributed by atoms with E-state index in [1.54, 1.807) is 12.3 Å². The molecule has 2 N–H and O–H groups in total. The zero-order chi connectivity index (χ0) is 9.68. The van der Waals surface area contributed by atoms with Crippen LogP contribution < -0.4 is 5.32 Å². The van der Waals surface area contributed by atoms with E-state index in [2.05, 4.69) is 10.1 Å². The Balaban J connectivity index is 2.14. The van der Waals surface area contributed by atoms with Gasteiger partial charge in [0.05, 0.1) is 13.0 Å². The molecule has 1 rings (SSSR count). The minimum absolute atomic E-state index is 0.0656. The smallest absolute Gasteiger partial charge is 0.308 e. The summed E-state index contributed by atoms with van der Waals surface area (Å²) >= 11 is 0. The lowest BCUT2D eigenvalue weighted by atomic mass is 9.80. The SMILES string of the molecule is COC(=O)C1CC(N/C=C\C=N)C1. The maximum absolute atomic E-state index is 11.0. The Morgan fingerprint density at radius 1 is 1.62 bits per heavy atom. The molecule has 0 saturated heterocycles. The number of methoxy groups -OCH3 is 1. The number of ether oxygens (including phenoxy) is 1. The van der Waals surface area contributed by atoms with Gasteiger partial charge in [0.25, 0.3) is 0 Å². The average Bonchev–Trinajstić information content (AvgIpc) is 2.08. The van der Waals surface area contributed by atoms with Crippen molar-refractivity contribution in [3.63, 3.8) is 0 Å². The number of hydrogen-bond donors (Lipinski definition) is 2. The molecule has 1 fully saturated rings. The van der Waals surface area contributed by atoms with Crippen molar-refractivity contribution in [2.75, 3.05) is 7.11 Å². The van der Waals surface area contributed by atoms with E-state index in [4.69, 9.17) is 5.41 Å². The number of nitrogens with one attached hydrogen (secondary N) is 2. The summed E-state index contributed by atoms with van der Waals surface area (Å²) in [5.41, 5.74) is 0. The number of carbonyl (C=O) groups is 1. The maximum Gasteiger partial charge on any atom is 0.308 e. The molecule has 4 heteroatoms. The lowest BCUT2D eigenvalue weighted by Gasteiger charge is -2.33. The Morgan fingerprint density at radius 2 is 2.31 bits per heavy atom. The highest BCUT2D eigenvalue weighted by atomic mass is 16.5. The Morgan fingerprint density at radius 3 is 2.85 bits per heavy atom. The first-order valence-electron chi connectivity index (χ1n) is 4.27. The minimum Gasteiger partial charge on any atom is -0.469 e. The Kier molecular flexibility index (Phi) is 3.49. The van der Waals surface area contributed by atoms with E-state index >= 15 is 0 Å². The normalized spacial score (nSPS) is 26.5.